The third kappa shape index (κ3) is 7.30. The molecule has 40 heavy (non-hydrogen) atoms. The maximum atomic E-state index is 13.0. The predicted octanol–water partition coefficient (Wildman–Crippen LogP) is 5.77. The Hall–Kier alpha value is -3.21. The molecule has 212 valence electrons. The third-order valence-electron chi connectivity index (χ3n) is 6.31. The van der Waals surface area contributed by atoms with Gasteiger partial charge in [0.05, 0.1) is 16.5 Å². The Morgan fingerprint density at radius 2 is 1.80 bits per heavy atom. The van der Waals surface area contributed by atoms with Gasteiger partial charge in [-0.25, -0.2) is 0 Å². The fourth-order valence-corrected chi connectivity index (χ4v) is 5.54. The summed E-state index contributed by atoms with van der Waals surface area (Å²) in [6, 6.07) is 8.33. The van der Waals surface area contributed by atoms with Crippen molar-refractivity contribution in [1.29, 1.82) is 0 Å². The number of aryl methyl sites for hydroxylation is 1. The van der Waals surface area contributed by atoms with Crippen molar-refractivity contribution < 1.29 is 28.7 Å². The quantitative estimate of drug-likeness (QED) is 0.362. The average Bonchev–Trinajstić information content (AvgIpc) is 3.18. The Bertz CT molecular complexity index is 1360. The molecular formula is C28H29Cl2N3O6S. The second-order valence-electron chi connectivity index (χ2n) is 9.27. The van der Waals surface area contributed by atoms with Gasteiger partial charge in [0.1, 0.15) is 6.54 Å². The highest BCUT2D eigenvalue weighted by Gasteiger charge is 2.37. The SMILES string of the molecule is CCOc1cc(/C=C2\SC(=O)N(CC(=O)N3CCCCC3)C2=O)cc(Cl)c1OCC(=O)Nc1ccc(C)c(Cl)c1. The lowest BCUT2D eigenvalue weighted by Gasteiger charge is -2.27. The number of anilines is 1. The molecule has 2 fully saturated rings. The summed E-state index contributed by atoms with van der Waals surface area (Å²) in [6.45, 7) is 4.59. The summed E-state index contributed by atoms with van der Waals surface area (Å²) >= 11 is 13.4. The van der Waals surface area contributed by atoms with E-state index in [1.807, 2.05) is 6.92 Å². The van der Waals surface area contributed by atoms with Crippen molar-refractivity contribution in [2.45, 2.75) is 33.1 Å². The van der Waals surface area contributed by atoms with Crippen LogP contribution in [-0.2, 0) is 14.4 Å². The molecule has 0 spiro atoms. The van der Waals surface area contributed by atoms with Crippen LogP contribution in [0.1, 0.15) is 37.3 Å². The molecule has 0 aliphatic carbocycles. The number of amides is 4. The van der Waals surface area contributed by atoms with E-state index in [4.69, 9.17) is 32.7 Å². The smallest absolute Gasteiger partial charge is 0.294 e. The first-order chi connectivity index (χ1) is 19.2. The molecule has 2 aromatic rings. The van der Waals surface area contributed by atoms with Gasteiger partial charge in [0.15, 0.2) is 18.1 Å². The van der Waals surface area contributed by atoms with Gasteiger partial charge < -0.3 is 19.7 Å². The number of piperidine rings is 1. The number of nitrogens with one attached hydrogen (secondary N) is 1. The maximum absolute atomic E-state index is 13.0. The number of carbonyl (C=O) groups excluding carboxylic acids is 4. The summed E-state index contributed by atoms with van der Waals surface area (Å²) in [7, 11) is 0. The zero-order chi connectivity index (χ0) is 28.8. The fourth-order valence-electron chi connectivity index (χ4n) is 4.25. The molecule has 0 saturated carbocycles. The van der Waals surface area contributed by atoms with Crippen LogP contribution in [0.2, 0.25) is 10.0 Å². The number of hydrogen-bond acceptors (Lipinski definition) is 7. The molecule has 2 aliphatic heterocycles. The molecule has 0 atom stereocenters. The number of benzene rings is 2. The standard InChI is InChI=1S/C28H29Cl2N3O6S/c1-3-38-22-12-18(11-21(30)26(22)39-16-24(34)31-19-8-7-17(2)20(29)14-19)13-23-27(36)33(28(37)40-23)15-25(35)32-9-5-4-6-10-32/h7-8,11-14H,3-6,9-10,15-16H2,1-2H3,(H,31,34)/b23-13-. The molecule has 2 aromatic carbocycles. The molecule has 0 aromatic heterocycles. The first-order valence-electron chi connectivity index (χ1n) is 12.8. The Kier molecular flexibility index (Phi) is 9.99. The van der Waals surface area contributed by atoms with Gasteiger partial charge in [-0.1, -0.05) is 29.3 Å². The number of imide groups is 1. The first-order valence-corrected chi connectivity index (χ1v) is 14.4. The lowest BCUT2D eigenvalue weighted by atomic mass is 10.1. The molecule has 0 bridgehead atoms. The van der Waals surface area contributed by atoms with Crippen LogP contribution in [0.5, 0.6) is 11.5 Å². The van der Waals surface area contributed by atoms with E-state index in [1.165, 1.54) is 6.08 Å². The van der Waals surface area contributed by atoms with Crippen molar-refractivity contribution in [1.82, 2.24) is 9.80 Å². The van der Waals surface area contributed by atoms with Gasteiger partial charge in [0.2, 0.25) is 5.91 Å². The molecule has 2 aliphatic rings. The van der Waals surface area contributed by atoms with E-state index in [-0.39, 0.29) is 40.5 Å². The van der Waals surface area contributed by atoms with Gasteiger partial charge in [-0.05, 0) is 86.3 Å². The van der Waals surface area contributed by atoms with E-state index in [0.717, 1.165) is 41.5 Å². The third-order valence-corrected chi connectivity index (χ3v) is 7.90. The van der Waals surface area contributed by atoms with Crippen LogP contribution < -0.4 is 14.8 Å². The number of likely N-dealkylation sites (tertiary alicyclic amines) is 1. The van der Waals surface area contributed by atoms with E-state index < -0.39 is 17.1 Å². The monoisotopic (exact) mass is 605 g/mol. The van der Waals surface area contributed by atoms with Crippen LogP contribution >= 0.6 is 35.0 Å². The van der Waals surface area contributed by atoms with Gasteiger partial charge in [0.25, 0.3) is 17.1 Å². The van der Waals surface area contributed by atoms with Gasteiger partial charge in [0, 0.05) is 23.8 Å². The number of ether oxygens (including phenoxy) is 2. The Morgan fingerprint density at radius 1 is 1.05 bits per heavy atom. The molecule has 9 nitrogen and oxygen atoms in total. The number of nitrogens with zero attached hydrogens (tertiary/aromatic N) is 2. The lowest BCUT2D eigenvalue weighted by Crippen LogP contribution is -2.44. The molecule has 12 heteroatoms. The summed E-state index contributed by atoms with van der Waals surface area (Å²) in [5.74, 6) is -0.760. The summed E-state index contributed by atoms with van der Waals surface area (Å²) in [5.41, 5.74) is 1.91. The van der Waals surface area contributed by atoms with Crippen LogP contribution in [0.25, 0.3) is 6.08 Å². The van der Waals surface area contributed by atoms with E-state index in [1.54, 1.807) is 42.2 Å². The predicted molar refractivity (Wildman–Crippen MR) is 156 cm³/mol. The summed E-state index contributed by atoms with van der Waals surface area (Å²) in [6.07, 6.45) is 4.42. The molecule has 4 amide bonds. The largest absolute Gasteiger partial charge is 0.490 e. The fraction of sp³-hybridized carbons (Fsp3) is 0.357. The molecule has 4 rings (SSSR count). The van der Waals surface area contributed by atoms with Gasteiger partial charge in [-0.3, -0.25) is 24.1 Å². The zero-order valence-electron chi connectivity index (χ0n) is 22.1. The van der Waals surface area contributed by atoms with Crippen LogP contribution in [0, 0.1) is 6.92 Å². The van der Waals surface area contributed by atoms with Crippen molar-refractivity contribution in [2.24, 2.45) is 0 Å². The van der Waals surface area contributed by atoms with Crippen molar-refractivity contribution in [3.05, 3.63) is 56.4 Å². The molecule has 0 unspecified atom stereocenters. The second-order valence-corrected chi connectivity index (χ2v) is 11.1. The van der Waals surface area contributed by atoms with E-state index >= 15 is 0 Å². The first kappa shape index (κ1) is 29.8. The highest BCUT2D eigenvalue weighted by atomic mass is 35.5. The van der Waals surface area contributed by atoms with Crippen molar-refractivity contribution in [2.75, 3.05) is 38.2 Å². The van der Waals surface area contributed by atoms with Crippen LogP contribution in [-0.4, -0.2) is 65.6 Å². The van der Waals surface area contributed by atoms with Crippen molar-refractivity contribution >= 4 is 69.7 Å². The topological polar surface area (TPSA) is 105 Å². The van der Waals surface area contributed by atoms with Crippen molar-refractivity contribution in [3.63, 3.8) is 0 Å². The van der Waals surface area contributed by atoms with E-state index in [0.29, 0.717) is 36.0 Å². The lowest BCUT2D eigenvalue weighted by molar-refractivity contribution is -0.136. The Labute approximate surface area is 246 Å². The molecule has 2 saturated heterocycles. The summed E-state index contributed by atoms with van der Waals surface area (Å²) < 4.78 is 11.4. The van der Waals surface area contributed by atoms with Crippen LogP contribution in [0.3, 0.4) is 0 Å². The average molecular weight is 607 g/mol. The minimum absolute atomic E-state index is 0.155. The Balaban J connectivity index is 1.45. The number of hydrogen-bond donors (Lipinski definition) is 1. The normalized spacial score (nSPS) is 16.4. The van der Waals surface area contributed by atoms with Gasteiger partial charge in [-0.15, -0.1) is 0 Å². The molecule has 2 heterocycles. The number of carbonyl (C=O) groups is 4. The highest BCUT2D eigenvalue weighted by molar-refractivity contribution is 8.18. The second kappa shape index (κ2) is 13.4. The number of rotatable bonds is 9. The molecule has 0 radical (unpaired) electrons. The maximum Gasteiger partial charge on any atom is 0.294 e. The van der Waals surface area contributed by atoms with Gasteiger partial charge in [-0.2, -0.15) is 0 Å². The Morgan fingerprint density at radius 3 is 2.50 bits per heavy atom. The van der Waals surface area contributed by atoms with Gasteiger partial charge >= 0.3 is 0 Å². The summed E-state index contributed by atoms with van der Waals surface area (Å²) in [5, 5.41) is 2.90. The minimum atomic E-state index is -0.539. The van der Waals surface area contributed by atoms with Crippen LogP contribution in [0.15, 0.2) is 35.2 Å². The molecule has 1 N–H and O–H groups in total. The zero-order valence-corrected chi connectivity index (χ0v) is 24.5. The van der Waals surface area contributed by atoms with E-state index in [9.17, 15) is 19.2 Å². The van der Waals surface area contributed by atoms with E-state index in [2.05, 4.69) is 5.32 Å². The number of halogens is 2. The number of thioether (sulfide) groups is 1. The highest BCUT2D eigenvalue weighted by Crippen LogP contribution is 2.39. The van der Waals surface area contributed by atoms with Crippen LogP contribution in [0.4, 0.5) is 10.5 Å². The van der Waals surface area contributed by atoms with Crippen molar-refractivity contribution in [3.8, 4) is 11.5 Å². The molecular weight excluding hydrogens is 577 g/mol. The summed E-state index contributed by atoms with van der Waals surface area (Å²) in [4.78, 5) is 53.4. The minimum Gasteiger partial charge on any atom is -0.490 e.